The van der Waals surface area contributed by atoms with E-state index in [-0.39, 0.29) is 11.4 Å². The van der Waals surface area contributed by atoms with Gasteiger partial charge in [-0.1, -0.05) is 11.6 Å². The first-order chi connectivity index (χ1) is 7.50. The molecule has 0 radical (unpaired) electrons. The van der Waals surface area contributed by atoms with Gasteiger partial charge < -0.3 is 10.1 Å². The highest BCUT2D eigenvalue weighted by atomic mass is 35.5. The molecule has 1 heterocycles. The molecular formula is C11H9ClFNO2. The van der Waals surface area contributed by atoms with E-state index in [9.17, 15) is 9.18 Å². The fourth-order valence-electron chi connectivity index (χ4n) is 1.79. The van der Waals surface area contributed by atoms with Gasteiger partial charge >= 0.3 is 5.97 Å². The third kappa shape index (κ3) is 1.65. The molecule has 5 heteroatoms. The normalized spacial score (nSPS) is 10.9. The van der Waals surface area contributed by atoms with Crippen LogP contribution in [0.4, 0.5) is 4.39 Å². The molecule has 0 saturated carbocycles. The Morgan fingerprint density at radius 1 is 1.56 bits per heavy atom. The third-order valence-electron chi connectivity index (χ3n) is 2.50. The molecule has 3 nitrogen and oxygen atoms in total. The van der Waals surface area contributed by atoms with Crippen LogP contribution in [0.1, 0.15) is 11.3 Å². The molecule has 16 heavy (non-hydrogen) atoms. The molecular weight excluding hydrogens is 233 g/mol. The van der Waals surface area contributed by atoms with Crippen molar-refractivity contribution in [2.24, 2.45) is 0 Å². The number of halogens is 2. The van der Waals surface area contributed by atoms with Crippen LogP contribution in [0.3, 0.4) is 0 Å². The average molecular weight is 242 g/mol. The van der Waals surface area contributed by atoms with Crippen LogP contribution in [0.5, 0.6) is 0 Å². The average Bonchev–Trinajstić information content (AvgIpc) is 2.50. The number of rotatable bonds is 2. The van der Waals surface area contributed by atoms with Gasteiger partial charge in [0.15, 0.2) is 0 Å². The van der Waals surface area contributed by atoms with Crippen LogP contribution in [0, 0.1) is 12.7 Å². The molecule has 2 aromatic rings. The van der Waals surface area contributed by atoms with Crippen molar-refractivity contribution in [2.75, 3.05) is 0 Å². The maximum atomic E-state index is 13.3. The van der Waals surface area contributed by atoms with E-state index in [0.717, 1.165) is 0 Å². The van der Waals surface area contributed by atoms with Crippen LogP contribution in [0.25, 0.3) is 10.9 Å². The lowest BCUT2D eigenvalue weighted by atomic mass is 10.1. The summed E-state index contributed by atoms with van der Waals surface area (Å²) in [6.07, 6.45) is -0.172. The Bertz CT molecular complexity index is 577. The molecule has 2 rings (SSSR count). The largest absolute Gasteiger partial charge is 0.481 e. The summed E-state index contributed by atoms with van der Waals surface area (Å²) in [6, 6.07) is 2.81. The first-order valence-electron chi connectivity index (χ1n) is 4.67. The number of carboxylic acids is 1. The Kier molecular flexibility index (Phi) is 2.59. The smallest absolute Gasteiger partial charge is 0.307 e. The van der Waals surface area contributed by atoms with Crippen molar-refractivity contribution in [2.45, 2.75) is 13.3 Å². The van der Waals surface area contributed by atoms with Gasteiger partial charge in [0, 0.05) is 16.6 Å². The van der Waals surface area contributed by atoms with E-state index in [1.165, 1.54) is 6.07 Å². The van der Waals surface area contributed by atoms with Crippen molar-refractivity contribution < 1.29 is 14.3 Å². The second-order valence-corrected chi connectivity index (χ2v) is 3.96. The SMILES string of the molecule is Cc1[nH]c2ccc(F)c(Cl)c2c1CC(=O)O. The number of carbonyl (C=O) groups is 1. The topological polar surface area (TPSA) is 53.1 Å². The van der Waals surface area contributed by atoms with Crippen LogP contribution >= 0.6 is 11.6 Å². The molecule has 0 fully saturated rings. The molecule has 0 aliphatic carbocycles. The number of carboxylic acid groups (broad SMARTS) is 1. The number of H-pyrrole nitrogens is 1. The van der Waals surface area contributed by atoms with Crippen molar-refractivity contribution in [3.8, 4) is 0 Å². The maximum absolute atomic E-state index is 13.3. The summed E-state index contributed by atoms with van der Waals surface area (Å²) >= 11 is 5.84. The van der Waals surface area contributed by atoms with Crippen molar-refractivity contribution in [3.05, 3.63) is 34.2 Å². The van der Waals surface area contributed by atoms with E-state index in [4.69, 9.17) is 16.7 Å². The number of fused-ring (bicyclic) bond motifs is 1. The Morgan fingerprint density at radius 3 is 2.88 bits per heavy atom. The number of hydrogen-bond acceptors (Lipinski definition) is 1. The fraction of sp³-hybridized carbons (Fsp3) is 0.182. The molecule has 0 bridgehead atoms. The number of nitrogens with one attached hydrogen (secondary N) is 1. The Morgan fingerprint density at radius 2 is 2.25 bits per heavy atom. The van der Waals surface area contributed by atoms with Gasteiger partial charge in [0.2, 0.25) is 0 Å². The zero-order chi connectivity index (χ0) is 11.9. The number of benzene rings is 1. The highest BCUT2D eigenvalue weighted by Gasteiger charge is 2.16. The van der Waals surface area contributed by atoms with Crippen molar-refractivity contribution >= 4 is 28.5 Å². The number of aromatic amines is 1. The molecule has 0 atom stereocenters. The predicted molar refractivity (Wildman–Crippen MR) is 59.3 cm³/mol. The van der Waals surface area contributed by atoms with Gasteiger partial charge in [0.25, 0.3) is 0 Å². The number of aliphatic carboxylic acids is 1. The molecule has 0 spiro atoms. The fourth-order valence-corrected chi connectivity index (χ4v) is 2.07. The van der Waals surface area contributed by atoms with Gasteiger partial charge in [-0.3, -0.25) is 4.79 Å². The summed E-state index contributed by atoms with van der Waals surface area (Å²) < 4.78 is 13.3. The quantitative estimate of drug-likeness (QED) is 0.849. The van der Waals surface area contributed by atoms with Crippen molar-refractivity contribution in [1.82, 2.24) is 4.98 Å². The Hall–Kier alpha value is -1.55. The summed E-state index contributed by atoms with van der Waals surface area (Å²) in [4.78, 5) is 13.7. The van der Waals surface area contributed by atoms with Gasteiger partial charge in [0.05, 0.1) is 11.4 Å². The van der Waals surface area contributed by atoms with Gasteiger partial charge in [-0.25, -0.2) is 4.39 Å². The second-order valence-electron chi connectivity index (χ2n) is 3.58. The summed E-state index contributed by atoms with van der Waals surface area (Å²) in [7, 11) is 0. The van der Waals surface area contributed by atoms with Crippen molar-refractivity contribution in [3.63, 3.8) is 0 Å². The lowest BCUT2D eigenvalue weighted by Gasteiger charge is -2.00. The first kappa shape index (κ1) is 11.0. The third-order valence-corrected chi connectivity index (χ3v) is 2.87. The van der Waals surface area contributed by atoms with Gasteiger partial charge in [-0.2, -0.15) is 0 Å². The Balaban J connectivity index is 2.76. The van der Waals surface area contributed by atoms with Crippen LogP contribution in [-0.2, 0) is 11.2 Å². The number of aromatic nitrogens is 1. The highest BCUT2D eigenvalue weighted by molar-refractivity contribution is 6.36. The van der Waals surface area contributed by atoms with Crippen LogP contribution in [0.2, 0.25) is 5.02 Å². The summed E-state index contributed by atoms with van der Waals surface area (Å²) in [6.45, 7) is 1.74. The minimum atomic E-state index is -0.968. The maximum Gasteiger partial charge on any atom is 0.307 e. The lowest BCUT2D eigenvalue weighted by Crippen LogP contribution is -2.01. The number of hydrogen-bond donors (Lipinski definition) is 2. The zero-order valence-corrected chi connectivity index (χ0v) is 9.23. The monoisotopic (exact) mass is 241 g/mol. The lowest BCUT2D eigenvalue weighted by molar-refractivity contribution is -0.136. The van der Waals surface area contributed by atoms with Crippen LogP contribution in [-0.4, -0.2) is 16.1 Å². The minimum absolute atomic E-state index is 0.0295. The standard InChI is InChI=1S/C11H9ClFNO2/c1-5-6(4-9(15)16)10-8(14-5)3-2-7(13)11(10)12/h2-3,14H,4H2,1H3,(H,15,16). The molecule has 1 aromatic heterocycles. The molecule has 0 saturated heterocycles. The zero-order valence-electron chi connectivity index (χ0n) is 8.47. The van der Waals surface area contributed by atoms with E-state index in [1.54, 1.807) is 13.0 Å². The first-order valence-corrected chi connectivity index (χ1v) is 5.05. The molecule has 0 unspecified atom stereocenters. The van der Waals surface area contributed by atoms with Crippen molar-refractivity contribution in [1.29, 1.82) is 0 Å². The molecule has 0 aliphatic heterocycles. The molecule has 0 amide bonds. The van der Waals surface area contributed by atoms with E-state index in [2.05, 4.69) is 4.98 Å². The summed E-state index contributed by atoms with van der Waals surface area (Å²) in [5, 5.41) is 9.21. The van der Waals surface area contributed by atoms with Crippen LogP contribution < -0.4 is 0 Å². The Labute approximate surface area is 95.8 Å². The number of aryl methyl sites for hydroxylation is 1. The highest BCUT2D eigenvalue weighted by Crippen LogP contribution is 2.31. The second kappa shape index (κ2) is 3.79. The van der Waals surface area contributed by atoms with Gasteiger partial charge in [0.1, 0.15) is 5.82 Å². The van der Waals surface area contributed by atoms with Crippen LogP contribution in [0.15, 0.2) is 12.1 Å². The van der Waals surface area contributed by atoms with Gasteiger partial charge in [-0.15, -0.1) is 0 Å². The minimum Gasteiger partial charge on any atom is -0.481 e. The summed E-state index contributed by atoms with van der Waals surface area (Å²) in [5.74, 6) is -1.51. The molecule has 84 valence electrons. The van der Waals surface area contributed by atoms with E-state index in [0.29, 0.717) is 22.2 Å². The van der Waals surface area contributed by atoms with Gasteiger partial charge in [-0.05, 0) is 24.6 Å². The predicted octanol–water partition coefficient (Wildman–Crippen LogP) is 2.90. The van der Waals surface area contributed by atoms with E-state index in [1.807, 2.05) is 0 Å². The molecule has 1 aromatic carbocycles. The van der Waals surface area contributed by atoms with E-state index >= 15 is 0 Å². The molecule has 2 N–H and O–H groups in total. The van der Waals surface area contributed by atoms with E-state index < -0.39 is 11.8 Å². The summed E-state index contributed by atoms with van der Waals surface area (Å²) in [5.41, 5.74) is 1.89. The molecule has 0 aliphatic rings.